The molecule has 3 heterocycles. The molecule has 5 rings (SSSR count). The fourth-order valence-electron chi connectivity index (χ4n) is 3.93. The highest BCUT2D eigenvalue weighted by Gasteiger charge is 2.20. The number of benzene rings is 2. The molecule has 0 unspecified atom stereocenters. The number of nitrogens with one attached hydrogen (secondary N) is 1. The second kappa shape index (κ2) is 10.1. The van der Waals surface area contributed by atoms with E-state index < -0.39 is 0 Å². The summed E-state index contributed by atoms with van der Waals surface area (Å²) in [6.07, 6.45) is 6.86. The molecule has 2 aromatic heterocycles. The molecule has 7 heteroatoms. The number of aromatic nitrogens is 3. The summed E-state index contributed by atoms with van der Waals surface area (Å²) in [5.74, 6) is 1.02. The third-order valence-corrected chi connectivity index (χ3v) is 5.65. The molecule has 2 aromatic carbocycles. The van der Waals surface area contributed by atoms with Crippen LogP contribution >= 0.6 is 0 Å². The Hall–Kier alpha value is -4.28. The van der Waals surface area contributed by atoms with Gasteiger partial charge in [-0.1, -0.05) is 18.2 Å². The van der Waals surface area contributed by atoms with E-state index in [0.717, 1.165) is 35.2 Å². The Morgan fingerprint density at radius 1 is 0.941 bits per heavy atom. The molecule has 0 amide bonds. The van der Waals surface area contributed by atoms with Crippen molar-refractivity contribution < 1.29 is 9.47 Å². The Morgan fingerprint density at radius 2 is 1.76 bits per heavy atom. The van der Waals surface area contributed by atoms with Crippen LogP contribution in [0, 0.1) is 11.3 Å². The highest BCUT2D eigenvalue weighted by Crippen LogP contribution is 2.34. The topological polar surface area (TPSA) is 93.0 Å². The molecule has 4 aromatic rings. The normalized spacial score (nSPS) is 13.7. The highest BCUT2D eigenvalue weighted by molar-refractivity contribution is 5.73. The van der Waals surface area contributed by atoms with Crippen LogP contribution in [0.5, 0.6) is 5.75 Å². The molecule has 1 N–H and O–H groups in total. The Bertz CT molecular complexity index is 1310. The molecular formula is C27H23N5O2. The maximum Gasteiger partial charge on any atom is 0.227 e. The molecule has 1 fully saturated rings. The summed E-state index contributed by atoms with van der Waals surface area (Å²) in [4.78, 5) is 13.2. The van der Waals surface area contributed by atoms with E-state index in [2.05, 4.69) is 21.4 Å². The van der Waals surface area contributed by atoms with E-state index in [1.807, 2.05) is 54.6 Å². The van der Waals surface area contributed by atoms with Gasteiger partial charge in [0.05, 0.1) is 24.5 Å². The summed E-state index contributed by atoms with van der Waals surface area (Å²) >= 11 is 0. The number of ether oxygens (including phenoxy) is 2. The zero-order valence-electron chi connectivity index (χ0n) is 18.5. The van der Waals surface area contributed by atoms with Gasteiger partial charge >= 0.3 is 0 Å². The minimum Gasteiger partial charge on any atom is -0.488 e. The minimum absolute atomic E-state index is 0.0114. The summed E-state index contributed by atoms with van der Waals surface area (Å²) in [5, 5.41) is 13.0. The van der Waals surface area contributed by atoms with Gasteiger partial charge in [-0.25, -0.2) is 9.97 Å². The first-order chi connectivity index (χ1) is 16.8. The van der Waals surface area contributed by atoms with Crippen molar-refractivity contribution in [3.63, 3.8) is 0 Å². The number of nitriles is 1. The van der Waals surface area contributed by atoms with E-state index in [1.54, 1.807) is 24.7 Å². The SMILES string of the molecule is N#Cc1cccc(-c2ccnc(Nc3cccc(-c4ccncc4)c3)n2)c1OC1CCOCC1. The average Bonchev–Trinajstić information content (AvgIpc) is 2.90. The second-order valence-corrected chi connectivity index (χ2v) is 7.93. The lowest BCUT2D eigenvalue weighted by Gasteiger charge is -2.25. The molecule has 1 saturated heterocycles. The Labute approximate surface area is 198 Å². The van der Waals surface area contributed by atoms with Crippen LogP contribution in [-0.2, 0) is 4.74 Å². The predicted octanol–water partition coefficient (Wildman–Crippen LogP) is 5.38. The lowest BCUT2D eigenvalue weighted by molar-refractivity contribution is 0.0257. The number of pyridine rings is 1. The van der Waals surface area contributed by atoms with Crippen molar-refractivity contribution in [1.82, 2.24) is 15.0 Å². The van der Waals surface area contributed by atoms with Gasteiger partial charge in [0.2, 0.25) is 5.95 Å². The molecule has 0 radical (unpaired) electrons. The Kier molecular flexibility index (Phi) is 6.41. The largest absolute Gasteiger partial charge is 0.488 e. The first-order valence-electron chi connectivity index (χ1n) is 11.2. The summed E-state index contributed by atoms with van der Waals surface area (Å²) in [5.41, 5.74) is 4.95. The lowest BCUT2D eigenvalue weighted by Crippen LogP contribution is -2.26. The van der Waals surface area contributed by atoms with E-state index in [-0.39, 0.29) is 6.10 Å². The van der Waals surface area contributed by atoms with Crippen molar-refractivity contribution in [3.8, 4) is 34.2 Å². The van der Waals surface area contributed by atoms with Gasteiger partial charge in [0.1, 0.15) is 17.9 Å². The average molecular weight is 450 g/mol. The third kappa shape index (κ3) is 4.87. The van der Waals surface area contributed by atoms with Crippen LogP contribution in [0.1, 0.15) is 18.4 Å². The second-order valence-electron chi connectivity index (χ2n) is 7.93. The predicted molar refractivity (Wildman–Crippen MR) is 130 cm³/mol. The Balaban J connectivity index is 1.43. The molecule has 1 aliphatic rings. The van der Waals surface area contributed by atoms with Gasteiger partial charge in [-0.05, 0) is 53.6 Å². The fraction of sp³-hybridized carbons (Fsp3) is 0.185. The number of nitrogens with zero attached hydrogens (tertiary/aromatic N) is 4. The van der Waals surface area contributed by atoms with Crippen LogP contribution in [0.4, 0.5) is 11.6 Å². The van der Waals surface area contributed by atoms with Gasteiger partial charge in [-0.2, -0.15) is 5.26 Å². The van der Waals surface area contributed by atoms with E-state index in [4.69, 9.17) is 14.5 Å². The molecule has 168 valence electrons. The number of para-hydroxylation sites is 1. The smallest absolute Gasteiger partial charge is 0.227 e. The molecule has 0 saturated carbocycles. The summed E-state index contributed by atoms with van der Waals surface area (Å²) in [7, 11) is 0. The van der Waals surface area contributed by atoms with Crippen molar-refractivity contribution in [2.75, 3.05) is 18.5 Å². The van der Waals surface area contributed by atoms with E-state index >= 15 is 0 Å². The van der Waals surface area contributed by atoms with Crippen molar-refractivity contribution in [3.05, 3.63) is 84.8 Å². The van der Waals surface area contributed by atoms with Crippen molar-refractivity contribution >= 4 is 11.6 Å². The molecule has 0 spiro atoms. The molecule has 0 bridgehead atoms. The molecule has 7 nitrogen and oxygen atoms in total. The first kappa shape index (κ1) is 21.6. The zero-order chi connectivity index (χ0) is 23.2. The van der Waals surface area contributed by atoms with Crippen molar-refractivity contribution in [1.29, 1.82) is 5.26 Å². The molecular weight excluding hydrogens is 426 g/mol. The van der Waals surface area contributed by atoms with E-state index in [9.17, 15) is 5.26 Å². The molecule has 0 aliphatic carbocycles. The van der Waals surface area contributed by atoms with E-state index in [1.165, 1.54) is 0 Å². The first-order valence-corrected chi connectivity index (χ1v) is 11.2. The van der Waals surface area contributed by atoms with Crippen LogP contribution in [0.25, 0.3) is 22.4 Å². The summed E-state index contributed by atoms with van der Waals surface area (Å²) in [6.45, 7) is 1.32. The monoisotopic (exact) mass is 449 g/mol. The summed E-state index contributed by atoms with van der Waals surface area (Å²) < 4.78 is 11.7. The van der Waals surface area contributed by atoms with Gasteiger partial charge < -0.3 is 14.8 Å². The van der Waals surface area contributed by atoms with Gasteiger partial charge in [0, 0.05) is 42.7 Å². The number of rotatable bonds is 6. The van der Waals surface area contributed by atoms with Crippen LogP contribution in [0.15, 0.2) is 79.3 Å². The standard InChI is InChI=1S/C27H23N5O2/c28-18-21-4-2-6-24(26(21)34-23-10-15-33-16-11-23)25-9-14-30-27(32-25)31-22-5-1-3-20(17-22)19-7-12-29-13-8-19/h1-9,12-14,17,23H,10-11,15-16H2,(H,30,31,32). The summed E-state index contributed by atoms with van der Waals surface area (Å²) in [6, 6.07) is 21.6. The van der Waals surface area contributed by atoms with E-state index in [0.29, 0.717) is 36.2 Å². The quantitative estimate of drug-likeness (QED) is 0.422. The van der Waals surface area contributed by atoms with Gasteiger partial charge in [-0.15, -0.1) is 0 Å². The highest BCUT2D eigenvalue weighted by atomic mass is 16.5. The fourth-order valence-corrected chi connectivity index (χ4v) is 3.93. The maximum atomic E-state index is 9.68. The van der Waals surface area contributed by atoms with Gasteiger partial charge in [-0.3, -0.25) is 4.98 Å². The number of anilines is 2. The van der Waals surface area contributed by atoms with Crippen LogP contribution in [0.3, 0.4) is 0 Å². The van der Waals surface area contributed by atoms with Crippen molar-refractivity contribution in [2.24, 2.45) is 0 Å². The maximum absolute atomic E-state index is 9.68. The Morgan fingerprint density at radius 3 is 2.59 bits per heavy atom. The third-order valence-electron chi connectivity index (χ3n) is 5.65. The van der Waals surface area contributed by atoms with Gasteiger partial charge in [0.25, 0.3) is 0 Å². The van der Waals surface area contributed by atoms with Crippen molar-refractivity contribution in [2.45, 2.75) is 18.9 Å². The van der Waals surface area contributed by atoms with Crippen LogP contribution < -0.4 is 10.1 Å². The van der Waals surface area contributed by atoms with Crippen LogP contribution in [0.2, 0.25) is 0 Å². The van der Waals surface area contributed by atoms with Crippen LogP contribution in [-0.4, -0.2) is 34.3 Å². The lowest BCUT2D eigenvalue weighted by atomic mass is 10.1. The van der Waals surface area contributed by atoms with Gasteiger partial charge in [0.15, 0.2) is 0 Å². The molecule has 0 atom stereocenters. The zero-order valence-corrected chi connectivity index (χ0v) is 18.5. The number of hydrogen-bond donors (Lipinski definition) is 1. The molecule has 1 aliphatic heterocycles. The number of hydrogen-bond acceptors (Lipinski definition) is 7. The molecule has 34 heavy (non-hydrogen) atoms. The minimum atomic E-state index is 0.0114.